The molecule has 0 N–H and O–H groups in total. The molecular weight excluding hydrogens is 338 g/mol. The maximum atomic E-state index is 5.88. The molecule has 0 amide bonds. The molecule has 0 aliphatic rings. The van der Waals surface area contributed by atoms with Crippen LogP contribution in [0.2, 0.25) is 0 Å². The van der Waals surface area contributed by atoms with E-state index in [-0.39, 0.29) is 0 Å². The lowest BCUT2D eigenvalue weighted by Gasteiger charge is -2.08. The Hall–Kier alpha value is -3.80. The molecule has 4 aromatic heterocycles. The SMILES string of the molecule is c1ccn2c(-c3ccc4cc(OCc5ccncc5)ccc4n3)nnc2c1. The lowest BCUT2D eigenvalue weighted by Crippen LogP contribution is -1.96. The minimum Gasteiger partial charge on any atom is -0.489 e. The molecule has 0 aliphatic carbocycles. The second-order valence-corrected chi connectivity index (χ2v) is 6.15. The fourth-order valence-electron chi connectivity index (χ4n) is 2.98. The topological polar surface area (TPSA) is 65.2 Å². The first-order chi connectivity index (χ1) is 13.4. The Morgan fingerprint density at radius 3 is 2.74 bits per heavy atom. The number of ether oxygens (including phenoxy) is 1. The smallest absolute Gasteiger partial charge is 0.187 e. The molecule has 0 aliphatic heterocycles. The van der Waals surface area contributed by atoms with Gasteiger partial charge in [0, 0.05) is 24.0 Å². The summed E-state index contributed by atoms with van der Waals surface area (Å²) in [6, 6.07) is 19.6. The maximum absolute atomic E-state index is 5.88. The molecule has 6 nitrogen and oxygen atoms in total. The fourth-order valence-corrected chi connectivity index (χ4v) is 2.98. The lowest BCUT2D eigenvalue weighted by atomic mass is 10.2. The Kier molecular flexibility index (Phi) is 3.72. The molecule has 0 spiro atoms. The first kappa shape index (κ1) is 15.5. The third-order valence-corrected chi connectivity index (χ3v) is 4.36. The summed E-state index contributed by atoms with van der Waals surface area (Å²) >= 11 is 0. The Balaban J connectivity index is 1.45. The number of aromatic nitrogens is 5. The highest BCUT2D eigenvalue weighted by atomic mass is 16.5. The Labute approximate surface area is 155 Å². The van der Waals surface area contributed by atoms with Crippen LogP contribution in [0.5, 0.6) is 5.75 Å². The molecule has 0 bridgehead atoms. The molecule has 5 aromatic rings. The van der Waals surface area contributed by atoms with E-state index in [0.29, 0.717) is 6.61 Å². The van der Waals surface area contributed by atoms with Crippen molar-refractivity contribution in [1.82, 2.24) is 24.6 Å². The molecule has 0 saturated carbocycles. The number of hydrogen-bond acceptors (Lipinski definition) is 5. The standard InChI is InChI=1S/C21H15N5O/c1-2-12-26-20(3-1)24-25-21(26)19-6-4-16-13-17(5-7-18(16)23-19)27-14-15-8-10-22-11-9-15/h1-13H,14H2. The molecule has 0 saturated heterocycles. The minimum absolute atomic E-state index is 0.505. The van der Waals surface area contributed by atoms with Crippen LogP contribution in [0.25, 0.3) is 28.1 Å². The maximum Gasteiger partial charge on any atom is 0.187 e. The molecule has 6 heteroatoms. The number of pyridine rings is 3. The van der Waals surface area contributed by atoms with Crippen molar-refractivity contribution < 1.29 is 4.74 Å². The molecular formula is C21H15N5O. The summed E-state index contributed by atoms with van der Waals surface area (Å²) in [5.74, 6) is 1.53. The highest BCUT2D eigenvalue weighted by molar-refractivity contribution is 5.82. The van der Waals surface area contributed by atoms with Gasteiger partial charge in [0.25, 0.3) is 0 Å². The van der Waals surface area contributed by atoms with Gasteiger partial charge in [0.05, 0.1) is 5.52 Å². The van der Waals surface area contributed by atoms with E-state index in [9.17, 15) is 0 Å². The van der Waals surface area contributed by atoms with Gasteiger partial charge in [0.2, 0.25) is 0 Å². The van der Waals surface area contributed by atoms with Crippen molar-refractivity contribution in [2.24, 2.45) is 0 Å². The zero-order chi connectivity index (χ0) is 18.1. The van der Waals surface area contributed by atoms with E-state index in [1.54, 1.807) is 12.4 Å². The van der Waals surface area contributed by atoms with Crippen LogP contribution in [0, 0.1) is 0 Å². The lowest BCUT2D eigenvalue weighted by molar-refractivity contribution is 0.306. The van der Waals surface area contributed by atoms with Crippen LogP contribution >= 0.6 is 0 Å². The summed E-state index contributed by atoms with van der Waals surface area (Å²) in [6.45, 7) is 0.505. The van der Waals surface area contributed by atoms with Gasteiger partial charge in [-0.3, -0.25) is 9.38 Å². The quantitative estimate of drug-likeness (QED) is 0.490. The van der Waals surface area contributed by atoms with Crippen LogP contribution < -0.4 is 4.74 Å². The zero-order valence-electron chi connectivity index (χ0n) is 14.4. The van der Waals surface area contributed by atoms with E-state index in [0.717, 1.165) is 39.4 Å². The van der Waals surface area contributed by atoms with E-state index < -0.39 is 0 Å². The Bertz CT molecular complexity index is 1230. The average Bonchev–Trinajstić information content (AvgIpc) is 3.17. The highest BCUT2D eigenvalue weighted by Gasteiger charge is 2.10. The van der Waals surface area contributed by atoms with Crippen LogP contribution in [-0.4, -0.2) is 24.6 Å². The first-order valence-corrected chi connectivity index (χ1v) is 8.59. The van der Waals surface area contributed by atoms with Crippen molar-refractivity contribution in [3.8, 4) is 17.3 Å². The van der Waals surface area contributed by atoms with Gasteiger partial charge in [-0.15, -0.1) is 10.2 Å². The largest absolute Gasteiger partial charge is 0.489 e. The molecule has 0 fully saturated rings. The van der Waals surface area contributed by atoms with Crippen LogP contribution in [0.15, 0.2) is 79.3 Å². The van der Waals surface area contributed by atoms with Crippen LogP contribution in [0.4, 0.5) is 0 Å². The van der Waals surface area contributed by atoms with Crippen molar-refractivity contribution in [2.75, 3.05) is 0 Å². The highest BCUT2D eigenvalue weighted by Crippen LogP contribution is 2.24. The van der Waals surface area contributed by atoms with E-state index in [1.807, 2.05) is 71.3 Å². The van der Waals surface area contributed by atoms with Crippen LogP contribution in [-0.2, 0) is 6.61 Å². The monoisotopic (exact) mass is 353 g/mol. The fraction of sp³-hybridized carbons (Fsp3) is 0.0476. The Morgan fingerprint density at radius 1 is 0.889 bits per heavy atom. The summed E-state index contributed by atoms with van der Waals surface area (Å²) in [5.41, 5.74) is 3.55. The molecule has 1 aromatic carbocycles. The second kappa shape index (κ2) is 6.49. The van der Waals surface area contributed by atoms with Crippen molar-refractivity contribution in [2.45, 2.75) is 6.61 Å². The predicted molar refractivity (Wildman–Crippen MR) is 102 cm³/mol. The second-order valence-electron chi connectivity index (χ2n) is 6.15. The normalized spacial score (nSPS) is 11.1. The number of fused-ring (bicyclic) bond motifs is 2. The van der Waals surface area contributed by atoms with Gasteiger partial charge >= 0.3 is 0 Å². The van der Waals surface area contributed by atoms with Crippen molar-refractivity contribution in [3.05, 3.63) is 84.8 Å². The number of benzene rings is 1. The summed E-state index contributed by atoms with van der Waals surface area (Å²) in [5, 5.41) is 9.48. The van der Waals surface area contributed by atoms with Gasteiger partial charge in [0.15, 0.2) is 11.5 Å². The molecule has 5 rings (SSSR count). The first-order valence-electron chi connectivity index (χ1n) is 8.59. The summed E-state index contributed by atoms with van der Waals surface area (Å²) in [4.78, 5) is 8.75. The third-order valence-electron chi connectivity index (χ3n) is 4.36. The molecule has 0 unspecified atom stereocenters. The van der Waals surface area contributed by atoms with Gasteiger partial charge in [-0.25, -0.2) is 4.98 Å². The predicted octanol–water partition coefficient (Wildman–Crippen LogP) is 3.92. The summed E-state index contributed by atoms with van der Waals surface area (Å²) in [7, 11) is 0. The van der Waals surface area contributed by atoms with Gasteiger partial charge in [0.1, 0.15) is 18.1 Å². The van der Waals surface area contributed by atoms with E-state index in [2.05, 4.69) is 15.2 Å². The molecule has 27 heavy (non-hydrogen) atoms. The van der Waals surface area contributed by atoms with Gasteiger partial charge in [-0.2, -0.15) is 0 Å². The van der Waals surface area contributed by atoms with Gasteiger partial charge < -0.3 is 4.74 Å². The van der Waals surface area contributed by atoms with E-state index in [1.165, 1.54) is 0 Å². The van der Waals surface area contributed by atoms with Crippen LogP contribution in [0.3, 0.4) is 0 Å². The van der Waals surface area contributed by atoms with Crippen molar-refractivity contribution in [1.29, 1.82) is 0 Å². The van der Waals surface area contributed by atoms with Crippen molar-refractivity contribution in [3.63, 3.8) is 0 Å². The van der Waals surface area contributed by atoms with E-state index >= 15 is 0 Å². The van der Waals surface area contributed by atoms with Gasteiger partial charge in [-0.05, 0) is 54.1 Å². The Morgan fingerprint density at radius 2 is 1.81 bits per heavy atom. The zero-order valence-corrected chi connectivity index (χ0v) is 14.4. The molecule has 0 atom stereocenters. The number of rotatable bonds is 4. The molecule has 130 valence electrons. The van der Waals surface area contributed by atoms with Gasteiger partial charge in [-0.1, -0.05) is 12.1 Å². The van der Waals surface area contributed by atoms with Crippen molar-refractivity contribution >= 4 is 16.6 Å². The summed E-state index contributed by atoms with van der Waals surface area (Å²) in [6.07, 6.45) is 5.46. The average molecular weight is 353 g/mol. The van der Waals surface area contributed by atoms with E-state index in [4.69, 9.17) is 9.72 Å². The van der Waals surface area contributed by atoms with Crippen LogP contribution in [0.1, 0.15) is 5.56 Å². The minimum atomic E-state index is 0.505. The number of nitrogens with zero attached hydrogens (tertiary/aromatic N) is 5. The molecule has 0 radical (unpaired) electrons. The molecule has 4 heterocycles. The summed E-state index contributed by atoms with van der Waals surface area (Å²) < 4.78 is 7.81. The number of hydrogen-bond donors (Lipinski definition) is 0. The third kappa shape index (κ3) is 2.97.